The van der Waals surface area contributed by atoms with E-state index in [0.717, 1.165) is 31.4 Å². The van der Waals surface area contributed by atoms with Crippen LogP contribution in [-0.4, -0.2) is 30.5 Å². The smallest absolute Gasteiger partial charge is 0.226 e. The third-order valence-electron chi connectivity index (χ3n) is 4.17. The van der Waals surface area contributed by atoms with Gasteiger partial charge in [-0.1, -0.05) is 42.5 Å². The number of carbonyl (C=O) groups excluding carboxylic acids is 1. The highest BCUT2D eigenvalue weighted by molar-refractivity contribution is 5.79. The van der Waals surface area contributed by atoms with Crippen molar-refractivity contribution in [2.24, 2.45) is 5.92 Å². The zero-order valence-corrected chi connectivity index (χ0v) is 11.7. The van der Waals surface area contributed by atoms with Crippen LogP contribution in [0.25, 0.3) is 0 Å². The molecule has 106 valence electrons. The summed E-state index contributed by atoms with van der Waals surface area (Å²) < 4.78 is 5.82. The van der Waals surface area contributed by atoms with Crippen LogP contribution in [0.15, 0.2) is 42.5 Å². The van der Waals surface area contributed by atoms with Crippen LogP contribution >= 0.6 is 0 Å². The van der Waals surface area contributed by atoms with Gasteiger partial charge in [0.25, 0.3) is 0 Å². The minimum Gasteiger partial charge on any atom is -0.370 e. The Morgan fingerprint density at radius 1 is 1.20 bits per heavy atom. The third-order valence-corrected chi connectivity index (χ3v) is 4.17. The van der Waals surface area contributed by atoms with E-state index >= 15 is 0 Å². The average Bonchev–Trinajstić information content (AvgIpc) is 2.56. The van der Waals surface area contributed by atoms with E-state index in [9.17, 15) is 4.79 Å². The van der Waals surface area contributed by atoms with Crippen molar-refractivity contribution in [1.82, 2.24) is 4.90 Å². The number of benzene rings is 1. The average molecular weight is 271 g/mol. The molecule has 3 rings (SSSR count). The normalized spacial score (nSPS) is 26.5. The van der Waals surface area contributed by atoms with Crippen LogP contribution in [0.5, 0.6) is 0 Å². The highest BCUT2D eigenvalue weighted by Gasteiger charge is 2.29. The molecule has 2 unspecified atom stereocenters. The molecule has 0 spiro atoms. The van der Waals surface area contributed by atoms with E-state index < -0.39 is 0 Å². The standard InChI is InChI=1S/C17H21NO2/c19-17(15-9-5-2-6-10-15)18-11-12-20-16(13-18)14-7-3-1-4-8-14/h1-5,7-8,15-16H,6,9-13H2. The van der Waals surface area contributed by atoms with Gasteiger partial charge in [0.2, 0.25) is 5.91 Å². The zero-order chi connectivity index (χ0) is 13.8. The number of morpholine rings is 1. The molecule has 0 aromatic heterocycles. The number of nitrogens with zero attached hydrogens (tertiary/aromatic N) is 1. The Morgan fingerprint density at radius 2 is 2.05 bits per heavy atom. The van der Waals surface area contributed by atoms with Gasteiger partial charge in [-0.05, 0) is 24.8 Å². The van der Waals surface area contributed by atoms with Crippen LogP contribution in [0.4, 0.5) is 0 Å². The van der Waals surface area contributed by atoms with Crippen molar-refractivity contribution in [2.75, 3.05) is 19.7 Å². The zero-order valence-electron chi connectivity index (χ0n) is 11.7. The van der Waals surface area contributed by atoms with Crippen molar-refractivity contribution in [1.29, 1.82) is 0 Å². The summed E-state index contributed by atoms with van der Waals surface area (Å²) in [5, 5.41) is 0. The third kappa shape index (κ3) is 2.93. The van der Waals surface area contributed by atoms with Crippen LogP contribution in [0.2, 0.25) is 0 Å². The minimum atomic E-state index is 0.0213. The maximum absolute atomic E-state index is 12.6. The molecule has 0 radical (unpaired) electrons. The van der Waals surface area contributed by atoms with Crippen molar-refractivity contribution in [3.8, 4) is 0 Å². The first-order chi connectivity index (χ1) is 9.84. The Morgan fingerprint density at radius 3 is 2.80 bits per heavy atom. The molecule has 3 nitrogen and oxygen atoms in total. The minimum absolute atomic E-state index is 0.0213. The molecule has 0 bridgehead atoms. The van der Waals surface area contributed by atoms with Crippen LogP contribution in [0.3, 0.4) is 0 Å². The highest BCUT2D eigenvalue weighted by Crippen LogP contribution is 2.26. The van der Waals surface area contributed by atoms with Gasteiger partial charge in [-0.3, -0.25) is 4.79 Å². The second-order valence-electron chi connectivity index (χ2n) is 5.54. The molecule has 1 amide bonds. The van der Waals surface area contributed by atoms with Crippen molar-refractivity contribution in [3.05, 3.63) is 48.0 Å². The monoisotopic (exact) mass is 271 g/mol. The SMILES string of the molecule is O=C(C1CC=CCC1)N1CCOC(c2ccccc2)C1. The lowest BCUT2D eigenvalue weighted by Crippen LogP contribution is -2.45. The van der Waals surface area contributed by atoms with Gasteiger partial charge in [0.15, 0.2) is 0 Å². The molecule has 3 heteroatoms. The summed E-state index contributed by atoms with van der Waals surface area (Å²) in [6.45, 7) is 2.04. The largest absolute Gasteiger partial charge is 0.370 e. The summed E-state index contributed by atoms with van der Waals surface area (Å²) in [5.74, 6) is 0.480. The quantitative estimate of drug-likeness (QED) is 0.774. The van der Waals surface area contributed by atoms with E-state index in [1.54, 1.807) is 0 Å². The van der Waals surface area contributed by atoms with Crippen LogP contribution in [0, 0.1) is 5.92 Å². The number of rotatable bonds is 2. The molecule has 1 aromatic carbocycles. The molecule has 1 fully saturated rings. The van der Waals surface area contributed by atoms with Gasteiger partial charge in [0, 0.05) is 12.5 Å². The molecule has 20 heavy (non-hydrogen) atoms. The number of carbonyl (C=O) groups is 1. The summed E-state index contributed by atoms with van der Waals surface area (Å²) >= 11 is 0. The molecule has 1 heterocycles. The fourth-order valence-electron chi connectivity index (χ4n) is 2.99. The van der Waals surface area contributed by atoms with Crippen LogP contribution in [0.1, 0.15) is 30.9 Å². The van der Waals surface area contributed by atoms with Crippen LogP contribution in [-0.2, 0) is 9.53 Å². The van der Waals surface area contributed by atoms with Crippen molar-refractivity contribution in [3.63, 3.8) is 0 Å². The molecule has 1 aliphatic heterocycles. The molecular weight excluding hydrogens is 250 g/mol. The molecule has 1 saturated heterocycles. The Kier molecular flexibility index (Phi) is 4.16. The molecule has 2 aliphatic rings. The molecule has 1 aromatic rings. The molecule has 0 N–H and O–H groups in total. The summed E-state index contributed by atoms with van der Waals surface area (Å²) in [6, 6.07) is 10.2. The summed E-state index contributed by atoms with van der Waals surface area (Å²) in [4.78, 5) is 14.6. The lowest BCUT2D eigenvalue weighted by atomic mass is 9.92. The summed E-state index contributed by atoms with van der Waals surface area (Å²) in [7, 11) is 0. The van der Waals surface area contributed by atoms with Gasteiger partial charge in [-0.15, -0.1) is 0 Å². The fraction of sp³-hybridized carbons (Fsp3) is 0.471. The molecule has 1 aliphatic carbocycles. The van der Waals surface area contributed by atoms with E-state index in [0.29, 0.717) is 19.1 Å². The Bertz CT molecular complexity index is 483. The van der Waals surface area contributed by atoms with Crippen LogP contribution < -0.4 is 0 Å². The second-order valence-corrected chi connectivity index (χ2v) is 5.54. The van der Waals surface area contributed by atoms with Gasteiger partial charge in [-0.25, -0.2) is 0 Å². The van der Waals surface area contributed by atoms with Crippen molar-refractivity contribution in [2.45, 2.75) is 25.4 Å². The number of hydrogen-bond donors (Lipinski definition) is 0. The number of allylic oxidation sites excluding steroid dienone is 2. The van der Waals surface area contributed by atoms with Gasteiger partial charge >= 0.3 is 0 Å². The van der Waals surface area contributed by atoms with Gasteiger partial charge < -0.3 is 9.64 Å². The predicted octanol–water partition coefficient (Wildman–Crippen LogP) is 2.94. The van der Waals surface area contributed by atoms with E-state index in [2.05, 4.69) is 24.3 Å². The summed E-state index contributed by atoms with van der Waals surface area (Å²) in [5.41, 5.74) is 1.16. The first-order valence-electron chi connectivity index (χ1n) is 7.45. The second kappa shape index (κ2) is 6.23. The van der Waals surface area contributed by atoms with E-state index in [-0.39, 0.29) is 12.0 Å². The highest BCUT2D eigenvalue weighted by atomic mass is 16.5. The predicted molar refractivity (Wildman–Crippen MR) is 78.2 cm³/mol. The maximum Gasteiger partial charge on any atom is 0.226 e. The Labute approximate surface area is 120 Å². The van der Waals surface area contributed by atoms with Crippen molar-refractivity contribution < 1.29 is 9.53 Å². The van der Waals surface area contributed by atoms with Gasteiger partial charge in [0.05, 0.1) is 13.2 Å². The molecular formula is C17H21NO2. The van der Waals surface area contributed by atoms with Gasteiger partial charge in [0.1, 0.15) is 6.10 Å². The van der Waals surface area contributed by atoms with E-state index in [1.807, 2.05) is 23.1 Å². The topological polar surface area (TPSA) is 29.5 Å². The lowest BCUT2D eigenvalue weighted by Gasteiger charge is -2.35. The van der Waals surface area contributed by atoms with E-state index in [1.165, 1.54) is 0 Å². The first kappa shape index (κ1) is 13.4. The fourth-order valence-corrected chi connectivity index (χ4v) is 2.99. The number of ether oxygens (including phenoxy) is 1. The first-order valence-corrected chi connectivity index (χ1v) is 7.45. The van der Waals surface area contributed by atoms with Gasteiger partial charge in [-0.2, -0.15) is 0 Å². The maximum atomic E-state index is 12.6. The Balaban J connectivity index is 1.66. The number of amides is 1. The lowest BCUT2D eigenvalue weighted by molar-refractivity contribution is -0.143. The molecule has 0 saturated carbocycles. The molecule has 2 atom stereocenters. The number of hydrogen-bond acceptors (Lipinski definition) is 2. The van der Waals surface area contributed by atoms with E-state index in [4.69, 9.17) is 4.74 Å². The van der Waals surface area contributed by atoms with Crippen molar-refractivity contribution >= 4 is 5.91 Å². The Hall–Kier alpha value is -1.61. The summed E-state index contributed by atoms with van der Waals surface area (Å²) in [6.07, 6.45) is 7.25.